The van der Waals surface area contributed by atoms with E-state index in [2.05, 4.69) is 13.8 Å². The molecule has 0 N–H and O–H groups in total. The minimum absolute atomic E-state index is 0.0719. The van der Waals surface area contributed by atoms with E-state index in [1.807, 2.05) is 4.90 Å². The van der Waals surface area contributed by atoms with Crippen molar-refractivity contribution >= 4 is 19.7 Å². The van der Waals surface area contributed by atoms with Crippen molar-refractivity contribution in [1.82, 2.24) is 4.90 Å². The van der Waals surface area contributed by atoms with Crippen LogP contribution >= 0.6 is 0 Å². The average molecular weight is 448 g/mol. The number of hydrogen-bond acceptors (Lipinski definition) is 3. The number of esters is 1. The van der Waals surface area contributed by atoms with Crippen LogP contribution in [0.4, 0.5) is 0 Å². The van der Waals surface area contributed by atoms with Crippen LogP contribution in [0, 0.1) is 5.92 Å². The number of unbranched alkanes of at least 4 members (excludes halogenated alkanes) is 11. The first kappa shape index (κ1) is 29.0. The average Bonchev–Trinajstić information content (AvgIpc) is 3.29. The quantitative estimate of drug-likeness (QED) is 0.115. The lowest BCUT2D eigenvalue weighted by Gasteiger charge is -2.28. The van der Waals surface area contributed by atoms with Gasteiger partial charge in [-0.1, -0.05) is 104 Å². The predicted molar refractivity (Wildman–Crippen MR) is 135 cm³/mol. The molecule has 1 amide bonds. The van der Waals surface area contributed by atoms with Crippen molar-refractivity contribution in [2.45, 2.75) is 142 Å². The number of rotatable bonds is 20. The Labute approximate surface area is 200 Å². The summed E-state index contributed by atoms with van der Waals surface area (Å²) in [5.74, 6) is 0.0825. The van der Waals surface area contributed by atoms with E-state index in [9.17, 15) is 9.59 Å². The van der Waals surface area contributed by atoms with Crippen LogP contribution in [0.2, 0.25) is 6.32 Å². The summed E-state index contributed by atoms with van der Waals surface area (Å²) in [7, 11) is 5.52. The number of ether oxygens (including phenoxy) is 1. The second-order valence-corrected chi connectivity index (χ2v) is 9.66. The summed E-state index contributed by atoms with van der Waals surface area (Å²) in [5.41, 5.74) is 0. The maximum atomic E-state index is 13.4. The lowest BCUT2D eigenvalue weighted by Crippen LogP contribution is -2.44. The number of amides is 1. The van der Waals surface area contributed by atoms with Crippen molar-refractivity contribution in [3.8, 4) is 0 Å². The molecule has 1 aliphatic rings. The second kappa shape index (κ2) is 19.5. The molecule has 0 aromatic carbocycles. The first-order valence-corrected chi connectivity index (χ1v) is 13.8. The van der Waals surface area contributed by atoms with Crippen LogP contribution in [-0.4, -0.2) is 43.8 Å². The summed E-state index contributed by atoms with van der Waals surface area (Å²) in [6, 6.07) is -0.366. The van der Waals surface area contributed by atoms with Gasteiger partial charge < -0.3 is 9.64 Å². The molecule has 0 bridgehead atoms. The summed E-state index contributed by atoms with van der Waals surface area (Å²) in [5, 5.41) is 0. The number of carbonyl (C=O) groups is 2. The largest absolute Gasteiger partial charge is 0.464 e. The fourth-order valence-electron chi connectivity index (χ4n) is 4.76. The third-order valence-corrected chi connectivity index (χ3v) is 6.81. The van der Waals surface area contributed by atoms with E-state index in [1.165, 1.54) is 51.4 Å². The molecule has 5 heteroatoms. The zero-order valence-corrected chi connectivity index (χ0v) is 21.3. The van der Waals surface area contributed by atoms with Crippen molar-refractivity contribution < 1.29 is 14.3 Å². The smallest absolute Gasteiger partial charge is 0.328 e. The van der Waals surface area contributed by atoms with Gasteiger partial charge in [-0.05, 0) is 32.1 Å². The molecular formula is C27H50BNO3. The highest BCUT2D eigenvalue weighted by Gasteiger charge is 2.37. The maximum Gasteiger partial charge on any atom is 0.328 e. The van der Waals surface area contributed by atoms with E-state index in [0.717, 1.165) is 70.5 Å². The van der Waals surface area contributed by atoms with Crippen LogP contribution in [0.15, 0.2) is 0 Å². The molecule has 4 nitrogen and oxygen atoms in total. The van der Waals surface area contributed by atoms with Crippen molar-refractivity contribution in [2.75, 3.05) is 13.2 Å². The Bertz CT molecular complexity index is 486. The molecule has 1 saturated heterocycles. The van der Waals surface area contributed by atoms with Gasteiger partial charge in [0.15, 0.2) is 0 Å². The molecular weight excluding hydrogens is 397 g/mol. The number of carbonyl (C=O) groups excluding carboxylic acids is 2. The van der Waals surface area contributed by atoms with E-state index < -0.39 is 0 Å². The fraction of sp³-hybridized carbons (Fsp3) is 0.926. The zero-order valence-electron chi connectivity index (χ0n) is 21.3. The molecule has 0 aliphatic carbocycles. The minimum Gasteiger partial charge on any atom is -0.464 e. The van der Waals surface area contributed by atoms with Crippen LogP contribution in [-0.2, 0) is 14.3 Å². The van der Waals surface area contributed by atoms with Crippen molar-refractivity contribution in [3.63, 3.8) is 0 Å². The van der Waals surface area contributed by atoms with E-state index >= 15 is 0 Å². The zero-order chi connectivity index (χ0) is 23.4. The Morgan fingerprint density at radius 3 is 2.06 bits per heavy atom. The summed E-state index contributed by atoms with van der Waals surface area (Å²) in [6.45, 7) is 5.62. The van der Waals surface area contributed by atoms with Crippen molar-refractivity contribution in [3.05, 3.63) is 0 Å². The SMILES string of the molecule is [B]CCCCCCOC(=O)C1CCCN1C(=O)C(CCCCCC)CCCCCCCC. The molecule has 1 rings (SSSR count). The molecule has 1 heterocycles. The monoisotopic (exact) mass is 447 g/mol. The summed E-state index contributed by atoms with van der Waals surface area (Å²) >= 11 is 0. The van der Waals surface area contributed by atoms with Gasteiger partial charge in [0.25, 0.3) is 0 Å². The molecule has 0 saturated carbocycles. The molecule has 1 fully saturated rings. The molecule has 2 unspecified atom stereocenters. The fourth-order valence-corrected chi connectivity index (χ4v) is 4.76. The van der Waals surface area contributed by atoms with Crippen LogP contribution in [0.5, 0.6) is 0 Å². The highest BCUT2D eigenvalue weighted by atomic mass is 16.5. The topological polar surface area (TPSA) is 46.6 Å². The first-order chi connectivity index (χ1) is 15.7. The van der Waals surface area contributed by atoms with Gasteiger partial charge in [-0.25, -0.2) is 4.79 Å². The molecule has 32 heavy (non-hydrogen) atoms. The third-order valence-electron chi connectivity index (χ3n) is 6.81. The molecule has 1 aliphatic heterocycles. The number of hydrogen-bond donors (Lipinski definition) is 0. The summed E-state index contributed by atoms with van der Waals surface area (Å²) in [4.78, 5) is 28.0. The standard InChI is InChI=1S/C27H50BNO3/c1-3-5-7-9-10-14-19-24(18-13-8-6-4-2)26(30)29-22-17-20-25(29)27(31)32-23-16-12-11-15-21-28/h24-25H,3-23H2,1-2H3. The normalized spacial score (nSPS) is 16.9. The molecule has 2 radical (unpaired) electrons. The van der Waals surface area contributed by atoms with Crippen molar-refractivity contribution in [1.29, 1.82) is 0 Å². The molecule has 0 aromatic heterocycles. The van der Waals surface area contributed by atoms with Crippen LogP contribution < -0.4 is 0 Å². The predicted octanol–water partition coefficient (Wildman–Crippen LogP) is 7.01. The summed E-state index contributed by atoms with van der Waals surface area (Å²) < 4.78 is 5.55. The number of nitrogens with zero attached hydrogens (tertiary/aromatic N) is 1. The minimum atomic E-state index is -0.366. The number of likely N-dealkylation sites (tertiary alicyclic amines) is 1. The molecule has 0 spiro atoms. The highest BCUT2D eigenvalue weighted by molar-refractivity contribution is 6.08. The Kier molecular flexibility index (Phi) is 17.7. The maximum absolute atomic E-state index is 13.4. The second-order valence-electron chi connectivity index (χ2n) is 9.66. The van der Waals surface area contributed by atoms with Gasteiger partial charge in [-0.15, -0.1) is 0 Å². The van der Waals surface area contributed by atoms with Gasteiger partial charge in [-0.2, -0.15) is 0 Å². The highest BCUT2D eigenvalue weighted by Crippen LogP contribution is 2.27. The van der Waals surface area contributed by atoms with Gasteiger partial charge in [0.05, 0.1) is 14.5 Å². The van der Waals surface area contributed by atoms with E-state index in [4.69, 9.17) is 12.6 Å². The van der Waals surface area contributed by atoms with Gasteiger partial charge in [0.2, 0.25) is 5.91 Å². The van der Waals surface area contributed by atoms with E-state index in [-0.39, 0.29) is 23.8 Å². The Balaban J connectivity index is 2.52. The van der Waals surface area contributed by atoms with E-state index in [0.29, 0.717) is 13.2 Å². The Morgan fingerprint density at radius 1 is 0.844 bits per heavy atom. The van der Waals surface area contributed by atoms with Gasteiger partial charge in [-0.3, -0.25) is 4.79 Å². The first-order valence-electron chi connectivity index (χ1n) is 13.8. The lowest BCUT2D eigenvalue weighted by atomic mass is 9.92. The third kappa shape index (κ3) is 12.3. The van der Waals surface area contributed by atoms with Crippen LogP contribution in [0.1, 0.15) is 129 Å². The summed E-state index contributed by atoms with van der Waals surface area (Å²) in [6.07, 6.45) is 20.6. The molecule has 184 valence electrons. The van der Waals surface area contributed by atoms with E-state index in [1.54, 1.807) is 0 Å². The Hall–Kier alpha value is -0.995. The Morgan fingerprint density at radius 2 is 1.41 bits per heavy atom. The molecule has 0 aromatic rings. The van der Waals surface area contributed by atoms with Crippen LogP contribution in [0.3, 0.4) is 0 Å². The van der Waals surface area contributed by atoms with Crippen LogP contribution in [0.25, 0.3) is 0 Å². The van der Waals surface area contributed by atoms with Crippen molar-refractivity contribution in [2.24, 2.45) is 5.92 Å². The van der Waals surface area contributed by atoms with Gasteiger partial charge in [0.1, 0.15) is 6.04 Å². The molecule has 2 atom stereocenters. The lowest BCUT2D eigenvalue weighted by molar-refractivity contribution is -0.155. The van der Waals surface area contributed by atoms with Gasteiger partial charge >= 0.3 is 5.97 Å². The van der Waals surface area contributed by atoms with Gasteiger partial charge in [0, 0.05) is 12.5 Å².